The van der Waals surface area contributed by atoms with Crippen LogP contribution < -0.4 is 17.0 Å². The number of aliphatic hydroxyl groups excluding tert-OH is 1. The minimum absolute atomic E-state index is 0. The molecule has 0 aromatic rings. The number of hydrogen-bond donors (Lipinski definition) is 1. The van der Waals surface area contributed by atoms with Crippen molar-refractivity contribution in [1.82, 2.24) is 0 Å². The zero-order valence-corrected chi connectivity index (χ0v) is 14.3. The third kappa shape index (κ3) is 2.11. The van der Waals surface area contributed by atoms with Gasteiger partial charge in [0, 0.05) is 17.5 Å². The molecule has 118 valence electrons. The van der Waals surface area contributed by atoms with Crippen LogP contribution in [-0.2, 0) is 9.47 Å². The van der Waals surface area contributed by atoms with E-state index in [0.29, 0.717) is 6.42 Å². The molecule has 5 atom stereocenters. The van der Waals surface area contributed by atoms with Gasteiger partial charge in [0.2, 0.25) is 0 Å². The van der Waals surface area contributed by atoms with Gasteiger partial charge in [-0.15, -0.1) is 0 Å². The van der Waals surface area contributed by atoms with Gasteiger partial charge in [0.1, 0.15) is 12.0 Å². The summed E-state index contributed by atoms with van der Waals surface area (Å²) in [4.78, 5) is 4.78. The molecule has 0 bridgehead atoms. The molecule has 0 aromatic carbocycles. The molecule has 2 aliphatic carbocycles. The summed E-state index contributed by atoms with van der Waals surface area (Å²) >= 11 is 0. The lowest BCUT2D eigenvalue weighted by atomic mass is 9.63. The maximum absolute atomic E-state index is 9.97. The summed E-state index contributed by atoms with van der Waals surface area (Å²) in [5.74, 6) is 0.912. The van der Waals surface area contributed by atoms with Crippen LogP contribution in [-0.4, -0.2) is 36.2 Å². The molecule has 0 aromatic heterocycles. The number of rotatable bonds is 1. The predicted molar refractivity (Wildman–Crippen MR) is 78.5 cm³/mol. The first kappa shape index (κ1) is 15.9. The molecule has 1 fully saturated rings. The second-order valence-electron chi connectivity index (χ2n) is 6.43. The van der Waals surface area contributed by atoms with E-state index in [1.165, 1.54) is 0 Å². The van der Waals surface area contributed by atoms with Gasteiger partial charge in [0.05, 0.1) is 19.3 Å². The van der Waals surface area contributed by atoms with Gasteiger partial charge in [-0.05, 0) is 19.8 Å². The van der Waals surface area contributed by atoms with Crippen molar-refractivity contribution in [3.05, 3.63) is 35.8 Å². The Balaban J connectivity index is 0.00000144. The summed E-state index contributed by atoms with van der Waals surface area (Å²) < 4.78 is 11.8. The number of nitrogens with zero attached hydrogens (tertiary/aromatic N) is 1. The van der Waals surface area contributed by atoms with Crippen LogP contribution in [0.4, 0.5) is 0 Å². The Morgan fingerprint density at radius 1 is 1.50 bits per heavy atom. The van der Waals surface area contributed by atoms with E-state index in [0.717, 1.165) is 30.0 Å². The van der Waals surface area contributed by atoms with Crippen molar-refractivity contribution in [3.63, 3.8) is 0 Å². The van der Waals surface area contributed by atoms with Crippen LogP contribution in [0.25, 0.3) is 0 Å². The largest absolute Gasteiger partial charge is 1.00 e. The van der Waals surface area contributed by atoms with Crippen LogP contribution in [0.2, 0.25) is 0 Å². The summed E-state index contributed by atoms with van der Waals surface area (Å²) in [6, 6.07) is 0. The van der Waals surface area contributed by atoms with E-state index >= 15 is 0 Å². The van der Waals surface area contributed by atoms with Gasteiger partial charge in [-0.3, -0.25) is 0 Å². The number of aliphatic hydroxyl groups is 1. The average molecular weight is 366 g/mol. The highest BCUT2D eigenvalue weighted by Gasteiger charge is 2.64. The third-order valence-electron chi connectivity index (χ3n) is 5.28. The first-order valence-corrected chi connectivity index (χ1v) is 7.58. The molecule has 1 N–H and O–H groups in total. The Bertz CT molecular complexity index is 595. The van der Waals surface area contributed by atoms with Gasteiger partial charge in [-0.25, -0.2) is 0 Å². The molecule has 5 heteroatoms. The van der Waals surface area contributed by atoms with E-state index in [9.17, 15) is 5.11 Å². The van der Waals surface area contributed by atoms with Crippen molar-refractivity contribution < 1.29 is 31.6 Å². The third-order valence-corrected chi connectivity index (χ3v) is 5.28. The average Bonchev–Trinajstić information content (AvgIpc) is 2.72. The van der Waals surface area contributed by atoms with Gasteiger partial charge in [0.15, 0.2) is 17.9 Å². The van der Waals surface area contributed by atoms with Gasteiger partial charge < -0.3 is 31.6 Å². The molecule has 1 spiro atoms. The smallest absolute Gasteiger partial charge is 0.274 e. The van der Waals surface area contributed by atoms with Crippen molar-refractivity contribution in [1.29, 1.82) is 0 Å². The lowest BCUT2D eigenvalue weighted by Crippen LogP contribution is -3.00. The molecule has 2 unspecified atom stereocenters. The lowest BCUT2D eigenvalue weighted by molar-refractivity contribution is -0.0141. The molecule has 4 nitrogen and oxygen atoms in total. The lowest BCUT2D eigenvalue weighted by Gasteiger charge is -2.37. The van der Waals surface area contributed by atoms with Crippen LogP contribution >= 0.6 is 0 Å². The molecule has 4 aliphatic rings. The predicted octanol–water partition coefficient (Wildman–Crippen LogP) is -0.833. The monoisotopic (exact) mass is 365 g/mol. The molecule has 2 aliphatic heterocycles. The van der Waals surface area contributed by atoms with Crippen molar-refractivity contribution in [2.75, 3.05) is 7.11 Å². The molecule has 1 saturated heterocycles. The summed E-state index contributed by atoms with van der Waals surface area (Å²) in [5, 5.41) is 9.97. The van der Waals surface area contributed by atoms with Crippen molar-refractivity contribution in [3.8, 4) is 0 Å². The van der Waals surface area contributed by atoms with E-state index in [2.05, 4.69) is 19.1 Å². The van der Waals surface area contributed by atoms with E-state index < -0.39 is 6.10 Å². The Morgan fingerprint density at radius 3 is 3.09 bits per heavy atom. The fourth-order valence-corrected chi connectivity index (χ4v) is 4.25. The molecule has 4 rings (SSSR count). The SMILES string of the molecule is COC1=[C+]C=C2N=C(C)CC[C@@]34C=C[C@H](O)C[C@@H]3OC1C24.[Br-]. The maximum Gasteiger partial charge on any atom is 0.274 e. The van der Waals surface area contributed by atoms with Crippen LogP contribution in [0.15, 0.2) is 34.7 Å². The molecular weight excluding hydrogens is 346 g/mol. The molecule has 0 radical (unpaired) electrons. The van der Waals surface area contributed by atoms with Gasteiger partial charge in [0.25, 0.3) is 5.76 Å². The summed E-state index contributed by atoms with van der Waals surface area (Å²) in [5.41, 5.74) is 2.12. The summed E-state index contributed by atoms with van der Waals surface area (Å²) in [6.45, 7) is 2.08. The van der Waals surface area contributed by atoms with E-state index in [-0.39, 0.29) is 40.5 Å². The zero-order chi connectivity index (χ0) is 14.6. The Kier molecular flexibility index (Phi) is 4.02. The topological polar surface area (TPSA) is 51.0 Å². The van der Waals surface area contributed by atoms with Gasteiger partial charge in [-0.1, -0.05) is 12.2 Å². The van der Waals surface area contributed by atoms with Crippen LogP contribution in [0.1, 0.15) is 26.2 Å². The van der Waals surface area contributed by atoms with E-state index in [4.69, 9.17) is 14.5 Å². The standard InChI is InChI=1S/C17H20NO3.BrH/c1-10-5-7-17-8-6-11(19)9-14(17)21-16-13(20-2)4-3-12(18-10)15(16)17;/h3,6,8,11,14-16,19H,5,7,9H2,1-2H3;1H/q+1;/p-1/t11-,14-,15?,16?,17+;/m0./s1. The maximum atomic E-state index is 9.97. The Labute approximate surface area is 141 Å². The highest BCUT2D eigenvalue weighted by molar-refractivity contribution is 5.83. The second kappa shape index (κ2) is 5.57. The van der Waals surface area contributed by atoms with Crippen LogP contribution in [0, 0.1) is 17.4 Å². The van der Waals surface area contributed by atoms with E-state index in [1.807, 2.05) is 12.2 Å². The zero-order valence-electron chi connectivity index (χ0n) is 12.8. The molecular formula is C17H20BrNO3. The number of halogens is 1. The van der Waals surface area contributed by atoms with Gasteiger partial charge in [-0.2, -0.15) is 4.99 Å². The number of ether oxygens (including phenoxy) is 2. The summed E-state index contributed by atoms with van der Waals surface area (Å²) in [7, 11) is 1.66. The molecule has 0 amide bonds. The number of hydrogen-bond acceptors (Lipinski definition) is 4. The van der Waals surface area contributed by atoms with Gasteiger partial charge >= 0.3 is 0 Å². The highest BCUT2D eigenvalue weighted by Crippen LogP contribution is 2.58. The number of allylic oxidation sites excluding steroid dienone is 2. The van der Waals surface area contributed by atoms with Crippen LogP contribution in [0.3, 0.4) is 0 Å². The Morgan fingerprint density at radius 2 is 2.32 bits per heavy atom. The Hall–Kier alpha value is -1.00. The quantitative estimate of drug-likeness (QED) is 0.487. The first-order valence-electron chi connectivity index (χ1n) is 7.58. The van der Waals surface area contributed by atoms with Crippen molar-refractivity contribution in [2.24, 2.45) is 16.3 Å². The number of aliphatic imine (C=N–C) groups is 1. The molecule has 22 heavy (non-hydrogen) atoms. The fraction of sp³-hybridized carbons (Fsp3) is 0.588. The van der Waals surface area contributed by atoms with Crippen molar-refractivity contribution in [2.45, 2.75) is 44.5 Å². The van der Waals surface area contributed by atoms with Crippen molar-refractivity contribution >= 4 is 5.71 Å². The molecule has 2 heterocycles. The highest BCUT2D eigenvalue weighted by atomic mass is 79.9. The minimum atomic E-state index is -0.419. The first-order chi connectivity index (χ1) is 10.1. The summed E-state index contributed by atoms with van der Waals surface area (Å²) in [6.07, 6.45) is 11.3. The minimum Gasteiger partial charge on any atom is -1.00 e. The fourth-order valence-electron chi connectivity index (χ4n) is 4.25. The second-order valence-corrected chi connectivity index (χ2v) is 6.43. The normalized spacial score (nSPS) is 41.7. The molecule has 0 saturated carbocycles. The van der Waals surface area contributed by atoms with E-state index in [1.54, 1.807) is 7.11 Å². The van der Waals surface area contributed by atoms with Crippen LogP contribution in [0.5, 0.6) is 0 Å². The number of methoxy groups -OCH3 is 1.